The van der Waals surface area contributed by atoms with Gasteiger partial charge in [-0.2, -0.15) is 0 Å². The number of hydrogen-bond acceptors (Lipinski definition) is 4. The summed E-state index contributed by atoms with van der Waals surface area (Å²) in [6.45, 7) is 6.04. The predicted octanol–water partition coefficient (Wildman–Crippen LogP) is 4.41. The van der Waals surface area contributed by atoms with Gasteiger partial charge in [0.05, 0.1) is 16.3 Å². The molecule has 0 unspecified atom stereocenters. The Balaban J connectivity index is 1.98. The van der Waals surface area contributed by atoms with Crippen molar-refractivity contribution in [2.75, 3.05) is 16.2 Å². The molecule has 2 aromatic rings. The highest BCUT2D eigenvalue weighted by Gasteiger charge is 2.27. The van der Waals surface area contributed by atoms with E-state index in [4.69, 9.17) is 0 Å². The van der Waals surface area contributed by atoms with Crippen molar-refractivity contribution in [2.24, 2.45) is 0 Å². The van der Waals surface area contributed by atoms with E-state index in [-0.39, 0.29) is 16.1 Å². The number of fused-ring (bicyclic) bond motifs is 1. The molecule has 138 valence electrons. The van der Waals surface area contributed by atoms with Gasteiger partial charge in [0.2, 0.25) is 5.91 Å². The fraction of sp³-hybridized carbons (Fsp3) is 0.278. The van der Waals surface area contributed by atoms with E-state index in [0.29, 0.717) is 22.4 Å². The van der Waals surface area contributed by atoms with Gasteiger partial charge in [0.15, 0.2) is 0 Å². The van der Waals surface area contributed by atoms with Gasteiger partial charge in [0.25, 0.3) is 10.0 Å². The number of hydrogen-bond donors (Lipinski definition) is 1. The van der Waals surface area contributed by atoms with Gasteiger partial charge in [-0.1, -0.05) is 13.0 Å². The van der Waals surface area contributed by atoms with Gasteiger partial charge >= 0.3 is 0 Å². The number of amides is 1. The van der Waals surface area contributed by atoms with Crippen molar-refractivity contribution >= 4 is 55.0 Å². The lowest BCUT2D eigenvalue weighted by atomic mass is 10.2. The molecule has 5 nitrogen and oxygen atoms in total. The lowest BCUT2D eigenvalue weighted by molar-refractivity contribution is -0.116. The summed E-state index contributed by atoms with van der Waals surface area (Å²) in [7, 11) is -3.77. The molecule has 0 fully saturated rings. The summed E-state index contributed by atoms with van der Waals surface area (Å²) in [5.74, 6) is -0.0952. The Morgan fingerprint density at radius 1 is 1.27 bits per heavy atom. The summed E-state index contributed by atoms with van der Waals surface area (Å²) in [6.07, 6.45) is 0. The van der Waals surface area contributed by atoms with Crippen LogP contribution in [0.2, 0.25) is 0 Å². The molecule has 1 aliphatic heterocycles. The van der Waals surface area contributed by atoms with Crippen LogP contribution < -0.4 is 9.62 Å². The van der Waals surface area contributed by atoms with Crippen molar-refractivity contribution in [1.82, 2.24) is 0 Å². The van der Waals surface area contributed by atoms with E-state index in [9.17, 15) is 13.2 Å². The third kappa shape index (κ3) is 3.92. The second-order valence-corrected chi connectivity index (χ2v) is 10.3. The molecule has 0 saturated heterocycles. The monoisotopic (exact) mass is 454 g/mol. The molecule has 26 heavy (non-hydrogen) atoms. The zero-order chi connectivity index (χ0) is 19.1. The summed E-state index contributed by atoms with van der Waals surface area (Å²) >= 11 is 5.03. The van der Waals surface area contributed by atoms with Gasteiger partial charge in [0, 0.05) is 28.1 Å². The number of sulfonamides is 1. The number of benzene rings is 2. The molecular formula is C18H19BrN2O3S2. The molecule has 0 bridgehead atoms. The predicted molar refractivity (Wildman–Crippen MR) is 109 cm³/mol. The van der Waals surface area contributed by atoms with Crippen LogP contribution in [-0.4, -0.2) is 26.1 Å². The van der Waals surface area contributed by atoms with E-state index >= 15 is 0 Å². The minimum absolute atomic E-state index is 0.0952. The van der Waals surface area contributed by atoms with Gasteiger partial charge in [-0.25, -0.2) is 8.42 Å². The van der Waals surface area contributed by atoms with Crippen molar-refractivity contribution in [3.63, 3.8) is 0 Å². The van der Waals surface area contributed by atoms with Crippen LogP contribution in [0.5, 0.6) is 0 Å². The fourth-order valence-corrected chi connectivity index (χ4v) is 5.71. The van der Waals surface area contributed by atoms with Gasteiger partial charge in [-0.05, 0) is 58.7 Å². The van der Waals surface area contributed by atoms with Gasteiger partial charge in [-0.3, -0.25) is 9.52 Å². The molecule has 1 atom stereocenters. The Bertz CT molecular complexity index is 976. The van der Waals surface area contributed by atoms with E-state index < -0.39 is 10.0 Å². The van der Waals surface area contributed by atoms with Crippen LogP contribution in [0.15, 0.2) is 50.7 Å². The number of carbonyl (C=O) groups excluding carboxylic acids is 1. The number of rotatable bonds is 3. The first-order valence-corrected chi connectivity index (χ1v) is 11.2. The summed E-state index contributed by atoms with van der Waals surface area (Å²) < 4.78 is 28.9. The second-order valence-electron chi connectivity index (χ2n) is 6.28. The summed E-state index contributed by atoms with van der Waals surface area (Å²) in [4.78, 5) is 14.7. The Morgan fingerprint density at radius 3 is 2.65 bits per heavy atom. The number of halogens is 1. The Labute approximate surface area is 166 Å². The number of aryl methyl sites for hydroxylation is 1. The highest BCUT2D eigenvalue weighted by atomic mass is 79.9. The van der Waals surface area contributed by atoms with Crippen molar-refractivity contribution in [3.8, 4) is 0 Å². The second kappa shape index (κ2) is 7.25. The van der Waals surface area contributed by atoms with E-state index in [2.05, 4.69) is 20.7 Å². The number of anilines is 2. The molecule has 0 saturated carbocycles. The van der Waals surface area contributed by atoms with Gasteiger partial charge in [0.1, 0.15) is 0 Å². The van der Waals surface area contributed by atoms with Crippen LogP contribution in [0.1, 0.15) is 19.4 Å². The average Bonchev–Trinajstić information content (AvgIpc) is 2.56. The van der Waals surface area contributed by atoms with E-state index in [0.717, 1.165) is 10.5 Å². The maximum absolute atomic E-state index is 12.8. The molecule has 3 rings (SSSR count). The summed E-state index contributed by atoms with van der Waals surface area (Å²) in [6, 6.07) is 10.3. The quantitative estimate of drug-likeness (QED) is 0.745. The molecule has 2 aromatic carbocycles. The van der Waals surface area contributed by atoms with Crippen LogP contribution in [0.25, 0.3) is 0 Å². The van der Waals surface area contributed by atoms with Crippen molar-refractivity contribution < 1.29 is 13.2 Å². The van der Waals surface area contributed by atoms with E-state index in [1.54, 1.807) is 40.9 Å². The largest absolute Gasteiger partial charge is 0.310 e. The highest BCUT2D eigenvalue weighted by molar-refractivity contribution is 9.10. The standard InChI is InChI=1S/C18H19BrN2O3S2/c1-11-4-6-16(15(19)8-11)20-26(23,24)14-5-7-18-17(9-14)21(13(3)22)10-12(2)25-18/h4-9,12,20H,10H2,1-3H3/t12-/m1/s1. The average molecular weight is 455 g/mol. The highest BCUT2D eigenvalue weighted by Crippen LogP contribution is 2.40. The minimum atomic E-state index is -3.77. The molecule has 0 aliphatic carbocycles. The van der Waals surface area contributed by atoms with Crippen LogP contribution in [0.3, 0.4) is 0 Å². The first-order valence-electron chi connectivity index (χ1n) is 8.05. The zero-order valence-corrected chi connectivity index (χ0v) is 17.8. The Kier molecular flexibility index (Phi) is 5.37. The summed E-state index contributed by atoms with van der Waals surface area (Å²) in [5.41, 5.74) is 2.14. The molecular weight excluding hydrogens is 436 g/mol. The lowest BCUT2D eigenvalue weighted by Crippen LogP contribution is -2.37. The van der Waals surface area contributed by atoms with Crippen molar-refractivity contribution in [2.45, 2.75) is 35.8 Å². The molecule has 1 heterocycles. The fourth-order valence-electron chi connectivity index (χ4n) is 2.79. The van der Waals surface area contributed by atoms with Crippen LogP contribution in [0, 0.1) is 6.92 Å². The topological polar surface area (TPSA) is 66.5 Å². The Hall–Kier alpha value is -1.51. The van der Waals surface area contributed by atoms with Crippen molar-refractivity contribution in [1.29, 1.82) is 0 Å². The van der Waals surface area contributed by atoms with E-state index in [1.807, 2.05) is 26.0 Å². The molecule has 0 aromatic heterocycles. The minimum Gasteiger partial charge on any atom is -0.310 e. The zero-order valence-electron chi connectivity index (χ0n) is 14.6. The van der Waals surface area contributed by atoms with Crippen molar-refractivity contribution in [3.05, 3.63) is 46.4 Å². The number of nitrogens with zero attached hydrogens (tertiary/aromatic N) is 1. The van der Waals surface area contributed by atoms with Gasteiger partial charge < -0.3 is 4.90 Å². The number of nitrogens with one attached hydrogen (secondary N) is 1. The molecule has 0 spiro atoms. The third-order valence-corrected chi connectivity index (χ3v) is 7.22. The molecule has 8 heteroatoms. The first-order chi connectivity index (χ1) is 12.2. The SMILES string of the molecule is CC(=O)N1C[C@@H](C)Sc2ccc(S(=O)(=O)Nc3ccc(C)cc3Br)cc21. The van der Waals surface area contributed by atoms with Crippen LogP contribution in [-0.2, 0) is 14.8 Å². The smallest absolute Gasteiger partial charge is 0.262 e. The first kappa shape index (κ1) is 19.3. The molecule has 1 aliphatic rings. The maximum atomic E-state index is 12.8. The summed E-state index contributed by atoms with van der Waals surface area (Å²) in [5, 5.41) is 0.260. The van der Waals surface area contributed by atoms with Crippen LogP contribution >= 0.6 is 27.7 Å². The van der Waals surface area contributed by atoms with Gasteiger partial charge in [-0.15, -0.1) is 11.8 Å². The Morgan fingerprint density at radius 2 is 2.00 bits per heavy atom. The lowest BCUT2D eigenvalue weighted by Gasteiger charge is -2.32. The number of carbonyl (C=O) groups is 1. The van der Waals surface area contributed by atoms with E-state index in [1.165, 1.54) is 6.92 Å². The molecule has 1 amide bonds. The molecule has 1 N–H and O–H groups in total. The normalized spacial score (nSPS) is 16.9. The maximum Gasteiger partial charge on any atom is 0.262 e. The number of thioether (sulfide) groups is 1. The molecule has 0 radical (unpaired) electrons. The van der Waals surface area contributed by atoms with Crippen LogP contribution in [0.4, 0.5) is 11.4 Å². The third-order valence-electron chi connectivity index (χ3n) is 4.05.